The molecule has 0 heterocycles. The molecule has 1 aromatic carbocycles. The normalized spacial score (nSPS) is 15.8. The Hall–Kier alpha value is -1.51. The first kappa shape index (κ1) is 14.6. The summed E-state index contributed by atoms with van der Waals surface area (Å²) in [5.41, 5.74) is 0.527. The van der Waals surface area contributed by atoms with Crippen molar-refractivity contribution in [3.05, 3.63) is 35.0 Å². The van der Waals surface area contributed by atoms with Gasteiger partial charge in [-0.05, 0) is 5.56 Å². The highest BCUT2D eigenvalue weighted by Gasteiger charge is 2.21. The fourth-order valence-electron chi connectivity index (χ4n) is 1.54. The fourth-order valence-corrected chi connectivity index (χ4v) is 1.54. The molecule has 1 aromatic rings. The molecule has 0 aliphatic carbocycles. The third kappa shape index (κ3) is 3.76. The summed E-state index contributed by atoms with van der Waals surface area (Å²) in [6.45, 7) is 0.865. The molecule has 0 aliphatic heterocycles. The lowest BCUT2D eigenvalue weighted by molar-refractivity contribution is -0.991. The van der Waals surface area contributed by atoms with Gasteiger partial charge in [0.25, 0.3) is 0 Å². The Balaban J connectivity index is 2.81. The van der Waals surface area contributed by atoms with Gasteiger partial charge in [0, 0.05) is 19.1 Å². The highest BCUT2D eigenvalue weighted by molar-refractivity contribution is 5.73. The van der Waals surface area contributed by atoms with Crippen LogP contribution in [0.1, 0.15) is 18.6 Å². The van der Waals surface area contributed by atoms with Gasteiger partial charge in [0.1, 0.15) is 6.10 Å². The highest BCUT2D eigenvalue weighted by Crippen LogP contribution is 2.18. The smallest absolute Gasteiger partial charge is 0.217 e. The van der Waals surface area contributed by atoms with Gasteiger partial charge < -0.3 is 20.7 Å². The Bertz CT molecular complexity index is 393. The second-order valence-electron chi connectivity index (χ2n) is 3.86. The molecule has 100 valence electrons. The molecule has 0 saturated carbocycles. The zero-order valence-electron chi connectivity index (χ0n) is 9.83. The second-order valence-corrected chi connectivity index (χ2v) is 3.86. The molecule has 0 radical (unpaired) electrons. The van der Waals surface area contributed by atoms with E-state index in [0.29, 0.717) is 5.56 Å². The number of benzene rings is 1. The summed E-state index contributed by atoms with van der Waals surface area (Å²) in [4.78, 5) is 10.9. The Morgan fingerprint density at radius 2 is 2.00 bits per heavy atom. The number of carbonyl (C=O) groups is 1. The summed E-state index contributed by atoms with van der Waals surface area (Å²) in [5, 5.41) is 39.8. The van der Waals surface area contributed by atoms with E-state index < -0.39 is 24.0 Å². The van der Waals surface area contributed by atoms with Gasteiger partial charge in [0.05, 0.1) is 12.6 Å². The first-order chi connectivity index (χ1) is 8.45. The van der Waals surface area contributed by atoms with E-state index in [9.17, 15) is 15.1 Å². The van der Waals surface area contributed by atoms with Crippen molar-refractivity contribution in [2.24, 2.45) is 0 Å². The molecule has 7 heteroatoms. The average molecular weight is 256 g/mol. The van der Waals surface area contributed by atoms with Crippen LogP contribution in [0.5, 0.6) is 0 Å². The summed E-state index contributed by atoms with van der Waals surface area (Å²) in [5.74, 6) is -0.366. The van der Waals surface area contributed by atoms with Gasteiger partial charge in [-0.15, -0.1) is 0 Å². The molecule has 0 fully saturated rings. The predicted molar refractivity (Wildman–Crippen MR) is 61.9 cm³/mol. The van der Waals surface area contributed by atoms with Crippen LogP contribution in [-0.4, -0.2) is 34.0 Å². The molecule has 0 spiro atoms. The number of aliphatic hydroxyl groups excluding tert-OH is 2. The third-order valence-electron chi connectivity index (χ3n) is 2.47. The number of nitrogens with one attached hydrogen (secondary N) is 2. The predicted octanol–water partition coefficient (Wildman–Crippen LogP) is -1.38. The molecule has 1 rings (SSSR count). The molecular weight excluding hydrogens is 240 g/mol. The van der Waals surface area contributed by atoms with Gasteiger partial charge in [0.15, 0.2) is 5.69 Å². The van der Waals surface area contributed by atoms with Crippen LogP contribution >= 0.6 is 0 Å². The van der Waals surface area contributed by atoms with Crippen molar-refractivity contribution in [1.29, 1.82) is 0 Å². The number of rotatable bonds is 5. The van der Waals surface area contributed by atoms with E-state index in [1.807, 2.05) is 0 Å². The number of aliphatic hydroxyl groups is 2. The number of carbonyl (C=O) groups excluding carboxylic acids is 1. The van der Waals surface area contributed by atoms with Crippen LogP contribution in [0.4, 0.5) is 5.69 Å². The van der Waals surface area contributed by atoms with E-state index in [1.165, 1.54) is 31.2 Å². The van der Waals surface area contributed by atoms with E-state index in [-0.39, 0.29) is 11.6 Å². The van der Waals surface area contributed by atoms with E-state index >= 15 is 0 Å². The standard InChI is InChI=1S/C11H16N2O5/c1-7(15)12-10(6-14)11(16)8-2-4-9(5-3-8)13(17)18/h2-5,10-11,13-14,16-17H,6H2,1H3,(H,12,15)/t10-,11-/m1/s1. The molecule has 0 aliphatic rings. The summed E-state index contributed by atoms with van der Waals surface area (Å²) in [6, 6.07) is 4.77. The monoisotopic (exact) mass is 256 g/mol. The lowest BCUT2D eigenvalue weighted by Gasteiger charge is -2.22. The Labute approximate surface area is 104 Å². The largest absolute Gasteiger partial charge is 0.595 e. The van der Waals surface area contributed by atoms with Gasteiger partial charge in [-0.3, -0.25) is 4.79 Å². The zero-order valence-corrected chi connectivity index (χ0v) is 9.83. The Kier molecular flexibility index (Phi) is 5.20. The van der Waals surface area contributed by atoms with Crippen molar-refractivity contribution < 1.29 is 25.4 Å². The topological polar surface area (TPSA) is 117 Å². The molecule has 1 amide bonds. The molecular formula is C11H16N2O5. The maximum absolute atomic E-state index is 10.9. The summed E-state index contributed by atoms with van der Waals surface area (Å²) in [6.07, 6.45) is -1.10. The van der Waals surface area contributed by atoms with E-state index in [2.05, 4.69) is 5.32 Å². The summed E-state index contributed by atoms with van der Waals surface area (Å²) in [7, 11) is 0. The van der Waals surface area contributed by atoms with Gasteiger partial charge in [0.2, 0.25) is 5.91 Å². The highest BCUT2D eigenvalue weighted by atomic mass is 16.8. The number of amides is 1. The van der Waals surface area contributed by atoms with Gasteiger partial charge in [-0.25, -0.2) is 5.21 Å². The average Bonchev–Trinajstić information content (AvgIpc) is 2.35. The number of quaternary nitrogens is 1. The van der Waals surface area contributed by atoms with E-state index in [1.54, 1.807) is 0 Å². The Morgan fingerprint density at radius 1 is 1.44 bits per heavy atom. The minimum atomic E-state index is -1.10. The van der Waals surface area contributed by atoms with Crippen LogP contribution in [0.15, 0.2) is 24.3 Å². The number of hydrogen-bond acceptors (Lipinski definition) is 5. The molecule has 7 nitrogen and oxygen atoms in total. The quantitative estimate of drug-likeness (QED) is 0.416. The van der Waals surface area contributed by atoms with Crippen LogP contribution in [0.2, 0.25) is 0 Å². The molecule has 3 atom stereocenters. The molecule has 1 unspecified atom stereocenters. The van der Waals surface area contributed by atoms with Gasteiger partial charge >= 0.3 is 0 Å². The maximum atomic E-state index is 10.9. The maximum Gasteiger partial charge on any atom is 0.217 e. The van der Waals surface area contributed by atoms with Crippen LogP contribution in [0, 0.1) is 5.21 Å². The molecule has 0 aromatic heterocycles. The molecule has 0 bridgehead atoms. The van der Waals surface area contributed by atoms with E-state index in [4.69, 9.17) is 10.3 Å². The SMILES string of the molecule is CC(=O)N[C@H](CO)[C@H](O)c1ccc([NH+]([O-])O)cc1. The molecule has 0 saturated heterocycles. The lowest BCUT2D eigenvalue weighted by atomic mass is 10.0. The van der Waals surface area contributed by atoms with Crippen LogP contribution in [0.3, 0.4) is 0 Å². The van der Waals surface area contributed by atoms with Crippen LogP contribution in [-0.2, 0) is 4.79 Å². The summed E-state index contributed by atoms with van der Waals surface area (Å²) >= 11 is 0. The van der Waals surface area contributed by atoms with Crippen LogP contribution in [0.25, 0.3) is 0 Å². The fraction of sp³-hybridized carbons (Fsp3) is 0.364. The van der Waals surface area contributed by atoms with Crippen molar-refractivity contribution in [2.75, 3.05) is 6.61 Å². The zero-order chi connectivity index (χ0) is 13.7. The van der Waals surface area contributed by atoms with Crippen LogP contribution < -0.4 is 10.5 Å². The first-order valence-corrected chi connectivity index (χ1v) is 5.35. The minimum Gasteiger partial charge on any atom is -0.595 e. The van der Waals surface area contributed by atoms with Crippen molar-refractivity contribution in [3.63, 3.8) is 0 Å². The van der Waals surface area contributed by atoms with Crippen molar-refractivity contribution >= 4 is 11.6 Å². The molecule has 18 heavy (non-hydrogen) atoms. The van der Waals surface area contributed by atoms with Crippen molar-refractivity contribution in [1.82, 2.24) is 5.32 Å². The van der Waals surface area contributed by atoms with Gasteiger partial charge in [-0.2, -0.15) is 5.23 Å². The van der Waals surface area contributed by atoms with Gasteiger partial charge in [-0.1, -0.05) is 12.1 Å². The minimum absolute atomic E-state index is 0.103. The molecule has 5 N–H and O–H groups in total. The first-order valence-electron chi connectivity index (χ1n) is 5.35. The Morgan fingerprint density at radius 3 is 2.39 bits per heavy atom. The van der Waals surface area contributed by atoms with Crippen molar-refractivity contribution in [3.8, 4) is 0 Å². The number of hydrogen-bond donors (Lipinski definition) is 5. The lowest BCUT2D eigenvalue weighted by Crippen LogP contribution is -2.99. The van der Waals surface area contributed by atoms with Crippen molar-refractivity contribution in [2.45, 2.75) is 19.1 Å². The summed E-state index contributed by atoms with van der Waals surface area (Å²) < 4.78 is 0. The second kappa shape index (κ2) is 6.43. The van der Waals surface area contributed by atoms with E-state index in [0.717, 1.165) is 0 Å². The third-order valence-corrected chi connectivity index (χ3v) is 2.47.